The lowest BCUT2D eigenvalue weighted by Gasteiger charge is -2.08. The minimum atomic E-state index is -0.717. The van der Waals surface area contributed by atoms with Gasteiger partial charge in [-0.1, -0.05) is 0 Å². The van der Waals surface area contributed by atoms with Crippen LogP contribution in [-0.2, 0) is 9.53 Å². The normalized spacial score (nSPS) is 10.5. The van der Waals surface area contributed by atoms with Crippen LogP contribution in [0.25, 0.3) is 11.0 Å². The van der Waals surface area contributed by atoms with Crippen LogP contribution in [-0.4, -0.2) is 24.1 Å². The van der Waals surface area contributed by atoms with Gasteiger partial charge in [0.05, 0.1) is 11.5 Å². The Balaban J connectivity index is 2.51. The zero-order chi connectivity index (χ0) is 16.3. The summed E-state index contributed by atoms with van der Waals surface area (Å²) in [5, 5.41) is 11.7. The van der Waals surface area contributed by atoms with Crippen molar-refractivity contribution < 1.29 is 23.6 Å². The third-order valence-corrected chi connectivity index (χ3v) is 2.89. The highest BCUT2D eigenvalue weighted by Crippen LogP contribution is 2.35. The van der Waals surface area contributed by atoms with E-state index in [4.69, 9.17) is 9.15 Å². The molecule has 0 aliphatic carbocycles. The van der Waals surface area contributed by atoms with Gasteiger partial charge in [0.2, 0.25) is 11.3 Å². The lowest BCUT2D eigenvalue weighted by Crippen LogP contribution is -2.15. The molecule has 0 bridgehead atoms. The number of hydrogen-bond donors (Lipinski definition) is 0. The first-order valence-electron chi connectivity index (χ1n) is 6.44. The van der Waals surface area contributed by atoms with Crippen LogP contribution in [0.2, 0.25) is 0 Å². The van der Waals surface area contributed by atoms with Crippen LogP contribution in [0.1, 0.15) is 12.5 Å². The molecule has 0 saturated heterocycles. The van der Waals surface area contributed by atoms with Crippen LogP contribution < -0.4 is 10.4 Å². The number of esters is 1. The molecule has 0 aliphatic rings. The molecule has 0 spiro atoms. The zero-order valence-corrected chi connectivity index (χ0v) is 12.0. The summed E-state index contributed by atoms with van der Waals surface area (Å²) in [6.45, 7) is 2.97. The third kappa shape index (κ3) is 3.05. The van der Waals surface area contributed by atoms with Crippen LogP contribution in [0.15, 0.2) is 27.4 Å². The quantitative estimate of drug-likeness (QED) is 0.359. The Kier molecular flexibility index (Phi) is 4.40. The van der Waals surface area contributed by atoms with E-state index < -0.39 is 28.8 Å². The van der Waals surface area contributed by atoms with Gasteiger partial charge in [-0.15, -0.1) is 0 Å². The number of benzene rings is 1. The maximum Gasteiger partial charge on any atom is 0.353 e. The maximum atomic E-state index is 11.4. The molecule has 2 aromatic rings. The molecular weight excluding hydrogens is 294 g/mol. The van der Waals surface area contributed by atoms with Gasteiger partial charge in [-0.3, -0.25) is 10.1 Å². The van der Waals surface area contributed by atoms with Gasteiger partial charge in [0.15, 0.2) is 6.61 Å². The lowest BCUT2D eigenvalue weighted by molar-refractivity contribution is -0.384. The molecule has 0 fully saturated rings. The molecule has 1 aromatic heterocycles. The zero-order valence-electron chi connectivity index (χ0n) is 12.0. The molecular formula is C14H13NO7. The highest BCUT2D eigenvalue weighted by atomic mass is 16.6. The first-order chi connectivity index (χ1) is 10.4. The van der Waals surface area contributed by atoms with Crippen molar-refractivity contribution in [1.82, 2.24) is 0 Å². The monoisotopic (exact) mass is 307 g/mol. The number of hydrogen-bond acceptors (Lipinski definition) is 7. The molecule has 0 amide bonds. The van der Waals surface area contributed by atoms with E-state index in [0.717, 1.165) is 0 Å². The van der Waals surface area contributed by atoms with Crippen LogP contribution in [0.5, 0.6) is 5.75 Å². The van der Waals surface area contributed by atoms with Gasteiger partial charge in [0.1, 0.15) is 0 Å². The Morgan fingerprint density at radius 1 is 1.41 bits per heavy atom. The predicted molar refractivity (Wildman–Crippen MR) is 76.0 cm³/mol. The molecule has 1 aromatic carbocycles. The molecule has 8 heteroatoms. The largest absolute Gasteiger partial charge is 0.475 e. The molecule has 1 heterocycles. The van der Waals surface area contributed by atoms with Crippen LogP contribution in [0, 0.1) is 17.0 Å². The second-order valence-corrected chi connectivity index (χ2v) is 4.39. The summed E-state index contributed by atoms with van der Waals surface area (Å²) in [5.74, 6) is -0.818. The Hall–Kier alpha value is -2.90. The van der Waals surface area contributed by atoms with E-state index >= 15 is 0 Å². The first kappa shape index (κ1) is 15.5. The smallest absolute Gasteiger partial charge is 0.353 e. The van der Waals surface area contributed by atoms with Crippen LogP contribution in [0.4, 0.5) is 5.69 Å². The molecule has 0 unspecified atom stereocenters. The minimum Gasteiger partial charge on any atom is -0.475 e. The van der Waals surface area contributed by atoms with Crippen molar-refractivity contribution in [2.75, 3.05) is 13.2 Å². The Labute approximate surface area is 124 Å². The third-order valence-electron chi connectivity index (χ3n) is 2.89. The van der Waals surface area contributed by atoms with Gasteiger partial charge in [0.25, 0.3) is 0 Å². The standard InChI is InChI=1S/C14H13NO7/c1-3-20-12(17)7-21-10-5-4-9-8(2)6-11(16)22-14(9)13(10)15(18)19/h4-6H,3,7H2,1-2H3. The lowest BCUT2D eigenvalue weighted by atomic mass is 10.1. The number of fused-ring (bicyclic) bond motifs is 1. The number of aryl methyl sites for hydroxylation is 1. The average Bonchev–Trinajstić information content (AvgIpc) is 2.44. The van der Waals surface area contributed by atoms with Gasteiger partial charge < -0.3 is 13.9 Å². The minimum absolute atomic E-state index is 0.167. The summed E-state index contributed by atoms with van der Waals surface area (Å²) in [7, 11) is 0. The molecule has 22 heavy (non-hydrogen) atoms. The summed E-state index contributed by atoms with van der Waals surface area (Å²) >= 11 is 0. The Bertz CT molecular complexity index is 794. The van der Waals surface area contributed by atoms with Crippen molar-refractivity contribution in [2.45, 2.75) is 13.8 Å². The second kappa shape index (κ2) is 6.25. The highest BCUT2D eigenvalue weighted by Gasteiger charge is 2.24. The fourth-order valence-corrected chi connectivity index (χ4v) is 1.98. The van der Waals surface area contributed by atoms with Crippen LogP contribution >= 0.6 is 0 Å². The van der Waals surface area contributed by atoms with E-state index in [-0.39, 0.29) is 17.9 Å². The van der Waals surface area contributed by atoms with Crippen molar-refractivity contribution in [3.8, 4) is 5.75 Å². The average molecular weight is 307 g/mol. The molecule has 2 rings (SSSR count). The topological polar surface area (TPSA) is 109 Å². The molecule has 0 atom stereocenters. The summed E-state index contributed by atoms with van der Waals surface area (Å²) in [6.07, 6.45) is 0. The van der Waals surface area contributed by atoms with Gasteiger partial charge in [0, 0.05) is 11.5 Å². The van der Waals surface area contributed by atoms with Crippen LogP contribution in [0.3, 0.4) is 0 Å². The van der Waals surface area contributed by atoms with Gasteiger partial charge >= 0.3 is 17.3 Å². The maximum absolute atomic E-state index is 11.4. The molecule has 116 valence electrons. The number of nitrogens with zero attached hydrogens (tertiary/aromatic N) is 1. The molecule has 0 N–H and O–H groups in total. The summed E-state index contributed by atoms with van der Waals surface area (Å²) < 4.78 is 14.7. The van der Waals surface area contributed by atoms with E-state index in [0.29, 0.717) is 10.9 Å². The number of nitro benzene ring substituents is 1. The Morgan fingerprint density at radius 2 is 2.14 bits per heavy atom. The van der Waals surface area contributed by atoms with Gasteiger partial charge in [-0.25, -0.2) is 9.59 Å². The Morgan fingerprint density at radius 3 is 2.77 bits per heavy atom. The van der Waals surface area contributed by atoms with Crippen molar-refractivity contribution in [2.24, 2.45) is 0 Å². The summed E-state index contributed by atoms with van der Waals surface area (Å²) in [4.78, 5) is 33.3. The van der Waals surface area contributed by atoms with E-state index in [1.807, 2.05) is 0 Å². The SMILES string of the molecule is CCOC(=O)COc1ccc2c(C)cc(=O)oc2c1[N+](=O)[O-]. The number of rotatable bonds is 5. The first-order valence-corrected chi connectivity index (χ1v) is 6.44. The van der Waals surface area contributed by atoms with Gasteiger partial charge in [-0.2, -0.15) is 0 Å². The number of nitro groups is 1. The van der Waals surface area contributed by atoms with Gasteiger partial charge in [-0.05, 0) is 31.5 Å². The summed E-state index contributed by atoms with van der Waals surface area (Å²) in [6, 6.07) is 4.12. The second-order valence-electron chi connectivity index (χ2n) is 4.39. The number of carbonyl (C=O) groups excluding carboxylic acids is 1. The van der Waals surface area contributed by atoms with Crippen molar-refractivity contribution in [3.63, 3.8) is 0 Å². The highest BCUT2D eigenvalue weighted by molar-refractivity contribution is 5.90. The molecule has 0 aliphatic heterocycles. The molecule has 0 radical (unpaired) electrons. The molecule has 8 nitrogen and oxygen atoms in total. The van der Waals surface area contributed by atoms with E-state index in [1.54, 1.807) is 13.8 Å². The van der Waals surface area contributed by atoms with E-state index in [2.05, 4.69) is 4.74 Å². The number of ether oxygens (including phenoxy) is 2. The number of carbonyl (C=O) groups is 1. The van der Waals surface area contributed by atoms with Crippen molar-refractivity contribution in [3.05, 3.63) is 44.3 Å². The predicted octanol–water partition coefficient (Wildman–Crippen LogP) is 1.95. The van der Waals surface area contributed by atoms with E-state index in [9.17, 15) is 19.7 Å². The summed E-state index contributed by atoms with van der Waals surface area (Å²) in [5.41, 5.74) is -0.833. The molecule has 0 saturated carbocycles. The van der Waals surface area contributed by atoms with Crippen molar-refractivity contribution >= 4 is 22.6 Å². The fourth-order valence-electron chi connectivity index (χ4n) is 1.98. The van der Waals surface area contributed by atoms with Crippen molar-refractivity contribution in [1.29, 1.82) is 0 Å². The van der Waals surface area contributed by atoms with E-state index in [1.165, 1.54) is 18.2 Å². The fraction of sp³-hybridized carbons (Fsp3) is 0.286.